The Hall–Kier alpha value is -1.68. The van der Waals surface area contributed by atoms with E-state index in [0.717, 1.165) is 6.42 Å². The third-order valence-electron chi connectivity index (χ3n) is 2.75. The molecule has 1 unspecified atom stereocenters. The molecule has 0 aliphatic carbocycles. The highest BCUT2D eigenvalue weighted by atomic mass is 15.1. The van der Waals surface area contributed by atoms with E-state index in [1.807, 2.05) is 37.1 Å². The molecule has 16 heavy (non-hydrogen) atoms. The summed E-state index contributed by atoms with van der Waals surface area (Å²) in [5, 5.41) is 0. The van der Waals surface area contributed by atoms with Gasteiger partial charge in [-0.1, -0.05) is 0 Å². The second-order valence-electron chi connectivity index (χ2n) is 3.79. The summed E-state index contributed by atoms with van der Waals surface area (Å²) in [4.78, 5) is 8.20. The number of nitrogens with two attached hydrogens (primary N) is 1. The average Bonchev–Trinajstić information content (AvgIpc) is 2.78. The summed E-state index contributed by atoms with van der Waals surface area (Å²) in [7, 11) is 0. The quantitative estimate of drug-likeness (QED) is 0.840. The summed E-state index contributed by atoms with van der Waals surface area (Å²) in [6.07, 6.45) is 8.22. The van der Waals surface area contributed by atoms with Gasteiger partial charge in [0.1, 0.15) is 0 Å². The standard InChI is InChI=1S/C12H16N4/c1-10(11-3-6-14-7-4-11)16-9-15-8-12(16)2-5-13/h3-4,6-10H,2,5,13H2,1H3. The normalized spacial score (nSPS) is 12.6. The van der Waals surface area contributed by atoms with Crippen LogP contribution in [-0.2, 0) is 6.42 Å². The molecule has 4 heteroatoms. The van der Waals surface area contributed by atoms with Crippen LogP contribution in [0.4, 0.5) is 0 Å². The molecule has 0 radical (unpaired) electrons. The minimum absolute atomic E-state index is 0.270. The molecule has 0 bridgehead atoms. The maximum Gasteiger partial charge on any atom is 0.0953 e. The lowest BCUT2D eigenvalue weighted by Gasteiger charge is -2.16. The molecule has 0 saturated carbocycles. The number of nitrogens with zero attached hydrogens (tertiary/aromatic N) is 3. The van der Waals surface area contributed by atoms with Crippen LogP contribution >= 0.6 is 0 Å². The van der Waals surface area contributed by atoms with Crippen LogP contribution in [-0.4, -0.2) is 21.1 Å². The highest BCUT2D eigenvalue weighted by Gasteiger charge is 2.10. The number of pyridine rings is 1. The maximum absolute atomic E-state index is 5.58. The molecule has 84 valence electrons. The molecule has 0 aromatic carbocycles. The summed E-state index contributed by atoms with van der Waals surface area (Å²) in [5.74, 6) is 0. The van der Waals surface area contributed by atoms with Gasteiger partial charge in [-0.05, 0) is 31.2 Å². The van der Waals surface area contributed by atoms with E-state index in [1.54, 1.807) is 0 Å². The van der Waals surface area contributed by atoms with Crippen LogP contribution in [0.5, 0.6) is 0 Å². The van der Waals surface area contributed by atoms with Gasteiger partial charge in [0.25, 0.3) is 0 Å². The van der Waals surface area contributed by atoms with Gasteiger partial charge < -0.3 is 10.3 Å². The zero-order valence-corrected chi connectivity index (χ0v) is 9.37. The van der Waals surface area contributed by atoms with Crippen molar-refractivity contribution in [1.29, 1.82) is 0 Å². The van der Waals surface area contributed by atoms with Gasteiger partial charge in [0.15, 0.2) is 0 Å². The van der Waals surface area contributed by atoms with E-state index in [1.165, 1.54) is 11.3 Å². The highest BCUT2D eigenvalue weighted by molar-refractivity contribution is 5.17. The molecule has 0 aliphatic rings. The first kappa shape index (κ1) is 10.8. The van der Waals surface area contributed by atoms with E-state index in [2.05, 4.69) is 21.5 Å². The van der Waals surface area contributed by atoms with Crippen molar-refractivity contribution in [2.45, 2.75) is 19.4 Å². The van der Waals surface area contributed by atoms with Crippen LogP contribution in [0.1, 0.15) is 24.2 Å². The Morgan fingerprint density at radius 2 is 2.06 bits per heavy atom. The predicted molar refractivity (Wildman–Crippen MR) is 63.0 cm³/mol. The fourth-order valence-electron chi connectivity index (χ4n) is 1.82. The van der Waals surface area contributed by atoms with E-state index in [0.29, 0.717) is 6.54 Å². The van der Waals surface area contributed by atoms with Gasteiger partial charge in [0, 0.05) is 30.7 Å². The lowest BCUT2D eigenvalue weighted by Crippen LogP contribution is -2.12. The van der Waals surface area contributed by atoms with Crippen molar-refractivity contribution in [2.24, 2.45) is 5.73 Å². The lowest BCUT2D eigenvalue weighted by molar-refractivity contribution is 0.606. The molecule has 1 atom stereocenters. The molecule has 0 saturated heterocycles. The van der Waals surface area contributed by atoms with E-state index in [4.69, 9.17) is 5.73 Å². The fraction of sp³-hybridized carbons (Fsp3) is 0.333. The molecular weight excluding hydrogens is 200 g/mol. The van der Waals surface area contributed by atoms with E-state index < -0.39 is 0 Å². The largest absolute Gasteiger partial charge is 0.330 e. The summed E-state index contributed by atoms with van der Waals surface area (Å²) < 4.78 is 2.15. The van der Waals surface area contributed by atoms with Crippen molar-refractivity contribution in [2.75, 3.05) is 6.54 Å². The van der Waals surface area contributed by atoms with Gasteiger partial charge >= 0.3 is 0 Å². The second kappa shape index (κ2) is 4.90. The summed E-state index contributed by atoms with van der Waals surface area (Å²) in [6.45, 7) is 2.80. The van der Waals surface area contributed by atoms with E-state index in [9.17, 15) is 0 Å². The van der Waals surface area contributed by atoms with E-state index >= 15 is 0 Å². The molecule has 0 spiro atoms. The molecule has 0 fully saturated rings. The number of imidazole rings is 1. The van der Waals surface area contributed by atoms with E-state index in [-0.39, 0.29) is 6.04 Å². The van der Waals surface area contributed by atoms with Crippen LogP contribution in [0.3, 0.4) is 0 Å². The maximum atomic E-state index is 5.58. The Labute approximate surface area is 95.1 Å². The molecule has 0 amide bonds. The molecule has 2 rings (SSSR count). The highest BCUT2D eigenvalue weighted by Crippen LogP contribution is 2.18. The molecule has 2 N–H and O–H groups in total. The SMILES string of the molecule is CC(c1ccncc1)n1cncc1CCN. The average molecular weight is 216 g/mol. The van der Waals surface area contributed by atoms with Gasteiger partial charge in [-0.3, -0.25) is 4.98 Å². The minimum atomic E-state index is 0.270. The van der Waals surface area contributed by atoms with Gasteiger partial charge in [0.2, 0.25) is 0 Å². The van der Waals surface area contributed by atoms with Crippen LogP contribution in [0, 0.1) is 0 Å². The molecule has 2 aromatic rings. The van der Waals surface area contributed by atoms with Crippen molar-refractivity contribution in [1.82, 2.24) is 14.5 Å². The molecule has 2 heterocycles. The van der Waals surface area contributed by atoms with Gasteiger partial charge in [0.05, 0.1) is 12.4 Å². The van der Waals surface area contributed by atoms with Gasteiger partial charge in [-0.15, -0.1) is 0 Å². The third kappa shape index (κ3) is 2.12. The van der Waals surface area contributed by atoms with Crippen LogP contribution in [0.2, 0.25) is 0 Å². The Kier molecular flexibility index (Phi) is 3.31. The van der Waals surface area contributed by atoms with Crippen molar-refractivity contribution in [3.8, 4) is 0 Å². The second-order valence-corrected chi connectivity index (χ2v) is 3.79. The molecule has 2 aromatic heterocycles. The summed E-state index contributed by atoms with van der Waals surface area (Å²) in [5.41, 5.74) is 7.98. The molecular formula is C12H16N4. The lowest BCUT2D eigenvalue weighted by atomic mass is 10.1. The number of hydrogen-bond donors (Lipinski definition) is 1. The monoisotopic (exact) mass is 216 g/mol. The zero-order valence-electron chi connectivity index (χ0n) is 9.37. The van der Waals surface area contributed by atoms with Crippen molar-refractivity contribution < 1.29 is 0 Å². The number of aromatic nitrogens is 3. The zero-order chi connectivity index (χ0) is 11.4. The Bertz CT molecular complexity index is 435. The first-order valence-corrected chi connectivity index (χ1v) is 5.43. The Morgan fingerprint density at radius 1 is 1.31 bits per heavy atom. The van der Waals surface area contributed by atoms with Crippen molar-refractivity contribution >= 4 is 0 Å². The smallest absolute Gasteiger partial charge is 0.0953 e. The first-order chi connectivity index (χ1) is 7.83. The summed E-state index contributed by atoms with van der Waals surface area (Å²) in [6, 6.07) is 4.32. The van der Waals surface area contributed by atoms with Crippen molar-refractivity contribution in [3.05, 3.63) is 48.3 Å². The Balaban J connectivity index is 2.27. The van der Waals surface area contributed by atoms with Crippen molar-refractivity contribution in [3.63, 3.8) is 0 Å². The topological polar surface area (TPSA) is 56.7 Å². The number of rotatable bonds is 4. The minimum Gasteiger partial charge on any atom is -0.330 e. The first-order valence-electron chi connectivity index (χ1n) is 5.43. The molecule has 0 aliphatic heterocycles. The summed E-state index contributed by atoms with van der Waals surface area (Å²) >= 11 is 0. The van der Waals surface area contributed by atoms with Gasteiger partial charge in [-0.2, -0.15) is 0 Å². The predicted octanol–water partition coefficient (Wildman–Crippen LogP) is 1.39. The third-order valence-corrected chi connectivity index (χ3v) is 2.75. The van der Waals surface area contributed by atoms with Gasteiger partial charge in [-0.25, -0.2) is 4.98 Å². The van der Waals surface area contributed by atoms with Crippen LogP contribution in [0.25, 0.3) is 0 Å². The van der Waals surface area contributed by atoms with Crippen LogP contribution < -0.4 is 5.73 Å². The van der Waals surface area contributed by atoms with Crippen LogP contribution in [0.15, 0.2) is 37.1 Å². The number of hydrogen-bond acceptors (Lipinski definition) is 3. The fourth-order valence-corrected chi connectivity index (χ4v) is 1.82. The Morgan fingerprint density at radius 3 is 2.75 bits per heavy atom. The molecule has 4 nitrogen and oxygen atoms in total.